The topological polar surface area (TPSA) is 50.1 Å². The van der Waals surface area contributed by atoms with E-state index in [0.717, 1.165) is 0 Å². The average molecular weight is 255 g/mol. The van der Waals surface area contributed by atoms with Gasteiger partial charge in [-0.1, -0.05) is 24.3 Å². The Morgan fingerprint density at radius 3 is 1.78 bits per heavy atom. The molecular weight excluding hydrogens is 246 g/mol. The highest BCUT2D eigenvalue weighted by Crippen LogP contribution is 2.29. The summed E-state index contributed by atoms with van der Waals surface area (Å²) in [6, 6.07) is 14.6. The van der Waals surface area contributed by atoms with Crippen LogP contribution in [0, 0.1) is 11.5 Å². The Labute approximate surface area is 110 Å². The smallest absolute Gasteiger partial charge is 0.292 e. The van der Waals surface area contributed by atoms with Crippen molar-refractivity contribution in [2.45, 2.75) is 0 Å². The van der Waals surface area contributed by atoms with Crippen molar-refractivity contribution in [3.8, 4) is 23.1 Å². The summed E-state index contributed by atoms with van der Waals surface area (Å²) in [5, 5.41) is 7.84. The number of nitrogens with zero attached hydrogens (tertiary/aromatic N) is 1. The normalized spacial score (nSPS) is 9.56. The number of hydrogen-bond donors (Lipinski definition) is 1. The first-order chi connectivity index (χ1) is 8.70. The van der Waals surface area contributed by atoms with Crippen molar-refractivity contribution in [2.24, 2.45) is 0 Å². The van der Waals surface area contributed by atoms with Crippen LogP contribution in [-0.2, 0) is 0 Å². The van der Waals surface area contributed by atoms with Gasteiger partial charge in [-0.05, 0) is 35.4 Å². The molecular formula is C14H9NO2S. The fourth-order valence-electron chi connectivity index (χ4n) is 1.38. The fraction of sp³-hybridized carbons (Fsp3) is 0. The molecule has 0 saturated carbocycles. The standard InChI is InChI=1S/C8H5NO2S.C6H4/c9-5-11-7-3-1-6(2-4-7)8(10)12;1-2-6-4-3-5(1)6/h1-4H,(H,10,12);1-4H. The molecule has 0 aromatic heterocycles. The van der Waals surface area contributed by atoms with Crippen LogP contribution < -0.4 is 4.74 Å². The van der Waals surface area contributed by atoms with Gasteiger partial charge in [-0.2, -0.15) is 0 Å². The molecule has 18 heavy (non-hydrogen) atoms. The molecule has 2 aliphatic carbocycles. The Balaban J connectivity index is 0.000000164. The van der Waals surface area contributed by atoms with Gasteiger partial charge in [0.25, 0.3) is 6.26 Å². The quantitative estimate of drug-likeness (QED) is 0.564. The van der Waals surface area contributed by atoms with Crippen LogP contribution in [0.5, 0.6) is 5.75 Å². The van der Waals surface area contributed by atoms with Gasteiger partial charge in [0.1, 0.15) is 5.75 Å². The molecule has 0 aliphatic heterocycles. The van der Waals surface area contributed by atoms with Gasteiger partial charge in [0, 0.05) is 5.56 Å². The van der Waals surface area contributed by atoms with Gasteiger partial charge in [0.05, 0.1) is 0 Å². The minimum atomic E-state index is -0.307. The number of ether oxygens (including phenoxy) is 1. The van der Waals surface area contributed by atoms with E-state index >= 15 is 0 Å². The number of carbonyl (C=O) groups excluding carboxylic acids is 1. The van der Waals surface area contributed by atoms with Gasteiger partial charge in [0.2, 0.25) is 5.12 Å². The van der Waals surface area contributed by atoms with Gasteiger partial charge in [-0.15, -0.1) is 17.9 Å². The Hall–Kier alpha value is -2.25. The van der Waals surface area contributed by atoms with Crippen molar-refractivity contribution >= 4 is 17.7 Å². The third-order valence-corrected chi connectivity index (χ3v) is 2.74. The summed E-state index contributed by atoms with van der Waals surface area (Å²) in [6.07, 6.45) is 1.53. The number of hydrogen-bond acceptors (Lipinski definition) is 3. The molecule has 88 valence electrons. The lowest BCUT2D eigenvalue weighted by Gasteiger charge is -2.10. The van der Waals surface area contributed by atoms with Crippen LogP contribution in [0.3, 0.4) is 0 Å². The zero-order valence-corrected chi connectivity index (χ0v) is 10.2. The van der Waals surface area contributed by atoms with Crippen molar-refractivity contribution in [1.82, 2.24) is 0 Å². The van der Waals surface area contributed by atoms with Crippen molar-refractivity contribution in [3.63, 3.8) is 0 Å². The second-order valence-electron chi connectivity index (χ2n) is 3.60. The van der Waals surface area contributed by atoms with Crippen molar-refractivity contribution in [1.29, 1.82) is 5.26 Å². The summed E-state index contributed by atoms with van der Waals surface area (Å²) in [7, 11) is 0. The molecule has 0 saturated heterocycles. The van der Waals surface area contributed by atoms with Gasteiger partial charge in [0.15, 0.2) is 0 Å². The summed E-state index contributed by atoms with van der Waals surface area (Å²) < 4.78 is 4.51. The molecule has 1 aromatic rings. The molecule has 0 bridgehead atoms. The molecule has 0 atom stereocenters. The molecule has 4 heteroatoms. The van der Waals surface area contributed by atoms with Crippen LogP contribution in [0.4, 0.5) is 0 Å². The third-order valence-electron chi connectivity index (χ3n) is 2.48. The molecule has 3 rings (SSSR count). The highest BCUT2D eigenvalue weighted by molar-refractivity contribution is 7.97. The van der Waals surface area contributed by atoms with E-state index < -0.39 is 0 Å². The molecule has 0 heterocycles. The SMILES string of the molecule is N#COc1ccc(C(=O)S)cc1.c1cc2ccc1-2. The Kier molecular flexibility index (Phi) is 3.66. The zero-order chi connectivity index (χ0) is 13.0. The summed E-state index contributed by atoms with van der Waals surface area (Å²) in [6.45, 7) is 0. The fourth-order valence-corrected chi connectivity index (χ4v) is 1.53. The van der Waals surface area contributed by atoms with Crippen LogP contribution in [-0.4, -0.2) is 5.12 Å². The van der Waals surface area contributed by atoms with E-state index in [-0.39, 0.29) is 5.12 Å². The lowest BCUT2D eigenvalue weighted by Crippen LogP contribution is -1.88. The summed E-state index contributed by atoms with van der Waals surface area (Å²) in [5.41, 5.74) is 3.33. The minimum Gasteiger partial charge on any atom is -0.388 e. The first-order valence-electron chi connectivity index (χ1n) is 5.20. The van der Waals surface area contributed by atoms with Gasteiger partial charge in [-0.3, -0.25) is 4.79 Å². The molecule has 0 radical (unpaired) electrons. The highest BCUT2D eigenvalue weighted by atomic mass is 32.1. The van der Waals surface area contributed by atoms with Crippen molar-refractivity contribution < 1.29 is 9.53 Å². The molecule has 2 aliphatic rings. The van der Waals surface area contributed by atoms with E-state index in [1.165, 1.54) is 29.5 Å². The predicted octanol–water partition coefficient (Wildman–Crippen LogP) is 3.28. The summed E-state index contributed by atoms with van der Waals surface area (Å²) in [4.78, 5) is 10.7. The second-order valence-corrected chi connectivity index (χ2v) is 4.01. The molecule has 3 nitrogen and oxygen atoms in total. The van der Waals surface area contributed by atoms with E-state index in [9.17, 15) is 4.79 Å². The molecule has 0 unspecified atom stereocenters. The first kappa shape index (κ1) is 12.2. The number of rotatable bonds is 2. The highest BCUT2D eigenvalue weighted by Gasteiger charge is 2.04. The second kappa shape index (κ2) is 5.39. The van der Waals surface area contributed by atoms with E-state index in [1.54, 1.807) is 12.1 Å². The molecule has 0 amide bonds. The first-order valence-corrected chi connectivity index (χ1v) is 5.65. The monoisotopic (exact) mass is 255 g/mol. The number of benzene rings is 2. The molecule has 0 fully saturated rings. The minimum absolute atomic E-state index is 0.307. The lowest BCUT2D eigenvalue weighted by atomic mass is 9.95. The maximum atomic E-state index is 10.7. The van der Waals surface area contributed by atoms with Crippen LogP contribution >= 0.6 is 12.6 Å². The van der Waals surface area contributed by atoms with Crippen LogP contribution in [0.1, 0.15) is 10.4 Å². The maximum absolute atomic E-state index is 10.7. The van der Waals surface area contributed by atoms with E-state index in [0.29, 0.717) is 11.3 Å². The van der Waals surface area contributed by atoms with Crippen molar-refractivity contribution in [2.75, 3.05) is 0 Å². The van der Waals surface area contributed by atoms with Crippen LogP contribution in [0.15, 0.2) is 48.5 Å². The van der Waals surface area contributed by atoms with E-state index in [4.69, 9.17) is 5.26 Å². The third kappa shape index (κ3) is 2.70. The van der Waals surface area contributed by atoms with Gasteiger partial charge in [-0.25, -0.2) is 0 Å². The maximum Gasteiger partial charge on any atom is 0.292 e. The molecule has 1 aromatic carbocycles. The van der Waals surface area contributed by atoms with Gasteiger partial charge < -0.3 is 4.74 Å². The van der Waals surface area contributed by atoms with Crippen molar-refractivity contribution in [3.05, 3.63) is 54.1 Å². The Bertz CT molecular complexity index is 576. The molecule has 0 spiro atoms. The largest absolute Gasteiger partial charge is 0.388 e. The number of nitriles is 1. The number of carbonyl (C=O) groups is 1. The number of thiol groups is 1. The van der Waals surface area contributed by atoms with Gasteiger partial charge >= 0.3 is 0 Å². The Morgan fingerprint density at radius 2 is 1.50 bits per heavy atom. The van der Waals surface area contributed by atoms with Crippen LogP contribution in [0.25, 0.3) is 11.1 Å². The van der Waals surface area contributed by atoms with Crippen LogP contribution in [0.2, 0.25) is 0 Å². The molecule has 0 N–H and O–H groups in total. The Morgan fingerprint density at radius 1 is 1.00 bits per heavy atom. The predicted molar refractivity (Wildman–Crippen MR) is 71.4 cm³/mol. The summed E-state index contributed by atoms with van der Waals surface area (Å²) in [5.74, 6) is 0.413. The van der Waals surface area contributed by atoms with E-state index in [1.807, 2.05) is 0 Å². The number of fused-ring (bicyclic) bond motifs is 1. The zero-order valence-electron chi connectivity index (χ0n) is 9.33. The summed E-state index contributed by atoms with van der Waals surface area (Å²) >= 11 is 3.63. The average Bonchev–Trinajstić information content (AvgIpc) is 2.35. The van der Waals surface area contributed by atoms with E-state index in [2.05, 4.69) is 41.6 Å². The lowest BCUT2D eigenvalue weighted by molar-refractivity contribution is 0.109.